The lowest BCUT2D eigenvalue weighted by Gasteiger charge is -2.11. The van der Waals surface area contributed by atoms with Gasteiger partial charge in [-0.3, -0.25) is 0 Å². The van der Waals surface area contributed by atoms with Crippen LogP contribution in [0.25, 0.3) is 0 Å². The molecular formula is C19H14F5N3O. The van der Waals surface area contributed by atoms with Gasteiger partial charge in [0.15, 0.2) is 11.6 Å². The van der Waals surface area contributed by atoms with Gasteiger partial charge in [-0.25, -0.2) is 13.8 Å². The Morgan fingerprint density at radius 1 is 0.964 bits per heavy atom. The normalized spacial score (nSPS) is 11.3. The molecular weight excluding hydrogens is 381 g/mol. The van der Waals surface area contributed by atoms with Crippen molar-refractivity contribution in [3.63, 3.8) is 0 Å². The fourth-order valence-electron chi connectivity index (χ4n) is 2.35. The summed E-state index contributed by atoms with van der Waals surface area (Å²) < 4.78 is 71.0. The summed E-state index contributed by atoms with van der Waals surface area (Å²) in [5, 5.41) is 2.64. The first-order valence-corrected chi connectivity index (χ1v) is 8.11. The Bertz CT molecular complexity index is 962. The van der Waals surface area contributed by atoms with E-state index in [1.165, 1.54) is 30.3 Å². The molecule has 3 aromatic rings. The van der Waals surface area contributed by atoms with Gasteiger partial charge in [0.2, 0.25) is 0 Å². The highest BCUT2D eigenvalue weighted by Crippen LogP contribution is 2.29. The Hall–Kier alpha value is -3.23. The summed E-state index contributed by atoms with van der Waals surface area (Å²) >= 11 is 0. The first kappa shape index (κ1) is 19.5. The summed E-state index contributed by atoms with van der Waals surface area (Å²) in [7, 11) is 0. The number of ether oxygens (including phenoxy) is 1. The van der Waals surface area contributed by atoms with Gasteiger partial charge in [0.25, 0.3) is 0 Å². The number of rotatable bonds is 6. The van der Waals surface area contributed by atoms with Crippen LogP contribution in [0.3, 0.4) is 0 Å². The molecule has 28 heavy (non-hydrogen) atoms. The second kappa shape index (κ2) is 8.20. The van der Waals surface area contributed by atoms with Gasteiger partial charge in [0, 0.05) is 12.1 Å². The number of nitrogens with zero attached hydrogens (tertiary/aromatic N) is 2. The predicted octanol–water partition coefficient (Wildman–Crippen LogP) is 4.96. The molecule has 0 saturated carbocycles. The van der Waals surface area contributed by atoms with Crippen molar-refractivity contribution in [1.82, 2.24) is 9.97 Å². The molecule has 146 valence electrons. The maximum atomic E-state index is 13.9. The number of halogens is 5. The predicted molar refractivity (Wildman–Crippen MR) is 91.5 cm³/mol. The fraction of sp³-hybridized carbons (Fsp3) is 0.158. The van der Waals surface area contributed by atoms with Crippen molar-refractivity contribution in [2.45, 2.75) is 19.3 Å². The molecule has 0 fully saturated rings. The van der Waals surface area contributed by atoms with E-state index >= 15 is 0 Å². The summed E-state index contributed by atoms with van der Waals surface area (Å²) in [5.74, 6) is -1.44. The first-order valence-electron chi connectivity index (χ1n) is 8.11. The minimum atomic E-state index is -4.47. The monoisotopic (exact) mass is 395 g/mol. The lowest BCUT2D eigenvalue weighted by molar-refractivity contribution is -0.137. The topological polar surface area (TPSA) is 47.0 Å². The van der Waals surface area contributed by atoms with Crippen LogP contribution in [-0.4, -0.2) is 9.97 Å². The molecule has 0 spiro atoms. The van der Waals surface area contributed by atoms with Gasteiger partial charge in [-0.1, -0.05) is 30.3 Å². The molecule has 0 unspecified atom stereocenters. The average Bonchev–Trinajstić information content (AvgIpc) is 2.67. The quantitative estimate of drug-likeness (QED) is 0.599. The zero-order valence-corrected chi connectivity index (χ0v) is 14.3. The van der Waals surface area contributed by atoms with Gasteiger partial charge in [-0.2, -0.15) is 18.2 Å². The van der Waals surface area contributed by atoms with Gasteiger partial charge in [0.05, 0.1) is 11.8 Å². The molecule has 0 amide bonds. The van der Waals surface area contributed by atoms with Crippen molar-refractivity contribution < 1.29 is 26.7 Å². The smallest absolute Gasteiger partial charge is 0.416 e. The third-order valence-corrected chi connectivity index (χ3v) is 3.75. The fourth-order valence-corrected chi connectivity index (χ4v) is 2.35. The van der Waals surface area contributed by atoms with Gasteiger partial charge in [-0.15, -0.1) is 0 Å². The first-order chi connectivity index (χ1) is 13.3. The maximum Gasteiger partial charge on any atom is 0.416 e. The van der Waals surface area contributed by atoms with E-state index in [1.807, 2.05) is 0 Å². The van der Waals surface area contributed by atoms with Crippen molar-refractivity contribution in [3.05, 3.63) is 83.1 Å². The van der Waals surface area contributed by atoms with E-state index in [-0.39, 0.29) is 30.5 Å². The summed E-state index contributed by atoms with van der Waals surface area (Å²) in [6, 6.07) is 10.4. The third-order valence-electron chi connectivity index (χ3n) is 3.75. The lowest BCUT2D eigenvalue weighted by Crippen LogP contribution is -2.09. The number of hydrogen-bond acceptors (Lipinski definition) is 4. The number of nitrogens with one attached hydrogen (secondary N) is 1. The van der Waals surface area contributed by atoms with Crippen LogP contribution in [0.15, 0.2) is 54.7 Å². The van der Waals surface area contributed by atoms with Crippen LogP contribution in [0.2, 0.25) is 0 Å². The molecule has 9 heteroatoms. The molecule has 0 radical (unpaired) electrons. The molecule has 1 N–H and O–H groups in total. The molecule has 0 aliphatic carbocycles. The van der Waals surface area contributed by atoms with Crippen LogP contribution in [0.1, 0.15) is 16.7 Å². The van der Waals surface area contributed by atoms with Crippen molar-refractivity contribution in [2.75, 3.05) is 5.32 Å². The highest BCUT2D eigenvalue weighted by molar-refractivity contribution is 5.37. The molecule has 0 saturated heterocycles. The van der Waals surface area contributed by atoms with Crippen LogP contribution in [0.4, 0.5) is 27.8 Å². The largest absolute Gasteiger partial charge is 0.459 e. The average molecular weight is 395 g/mol. The molecule has 2 aromatic carbocycles. The van der Waals surface area contributed by atoms with Crippen molar-refractivity contribution in [3.8, 4) is 6.01 Å². The zero-order valence-electron chi connectivity index (χ0n) is 14.3. The van der Waals surface area contributed by atoms with Crippen molar-refractivity contribution >= 4 is 5.82 Å². The molecule has 3 rings (SSSR count). The van der Waals surface area contributed by atoms with E-state index < -0.39 is 23.4 Å². The summed E-state index contributed by atoms with van der Waals surface area (Å²) in [5.41, 5.74) is -0.239. The molecule has 0 aliphatic rings. The highest BCUT2D eigenvalue weighted by atomic mass is 19.4. The Kier molecular flexibility index (Phi) is 5.72. The van der Waals surface area contributed by atoms with Crippen molar-refractivity contribution in [2.24, 2.45) is 0 Å². The second-order valence-electron chi connectivity index (χ2n) is 5.78. The van der Waals surface area contributed by atoms with Crippen LogP contribution in [0.5, 0.6) is 6.01 Å². The zero-order chi connectivity index (χ0) is 20.1. The number of aromatic nitrogens is 2. The van der Waals surface area contributed by atoms with Gasteiger partial charge >= 0.3 is 12.2 Å². The van der Waals surface area contributed by atoms with Crippen LogP contribution in [-0.2, 0) is 19.3 Å². The van der Waals surface area contributed by atoms with Gasteiger partial charge in [0.1, 0.15) is 12.4 Å². The highest BCUT2D eigenvalue weighted by Gasteiger charge is 2.30. The molecule has 4 nitrogen and oxygen atoms in total. The minimum Gasteiger partial charge on any atom is -0.459 e. The summed E-state index contributed by atoms with van der Waals surface area (Å²) in [6.07, 6.45) is -3.61. The Morgan fingerprint density at radius 3 is 2.50 bits per heavy atom. The Morgan fingerprint density at radius 2 is 1.75 bits per heavy atom. The Balaban J connectivity index is 1.67. The molecule has 1 aromatic heterocycles. The minimum absolute atomic E-state index is 0.0202. The summed E-state index contributed by atoms with van der Waals surface area (Å²) in [6.45, 7) is -0.254. The number of alkyl halides is 3. The van der Waals surface area contributed by atoms with Crippen molar-refractivity contribution in [1.29, 1.82) is 0 Å². The maximum absolute atomic E-state index is 13.9. The number of hydrogen-bond donors (Lipinski definition) is 1. The van der Waals surface area contributed by atoms with E-state index in [4.69, 9.17) is 4.74 Å². The van der Waals surface area contributed by atoms with Crippen LogP contribution >= 0.6 is 0 Å². The number of benzene rings is 2. The second-order valence-corrected chi connectivity index (χ2v) is 5.78. The molecule has 0 atom stereocenters. The molecule has 1 heterocycles. The van der Waals surface area contributed by atoms with Gasteiger partial charge in [-0.05, 0) is 23.8 Å². The van der Waals surface area contributed by atoms with Gasteiger partial charge < -0.3 is 10.1 Å². The lowest BCUT2D eigenvalue weighted by atomic mass is 10.1. The molecule has 0 bridgehead atoms. The Labute approximate surface area is 157 Å². The number of anilines is 1. The standard InChI is InChI=1S/C19H14F5N3O/c20-15-7-2-1-5-13(15)9-25-17-16(21)10-26-18(27-17)28-11-12-4-3-6-14(8-12)19(22,23)24/h1-8,10H,9,11H2,(H,25,26,27). The third kappa shape index (κ3) is 4.93. The van der Waals surface area contributed by atoms with Crippen LogP contribution in [0, 0.1) is 11.6 Å². The molecule has 0 aliphatic heterocycles. The summed E-state index contributed by atoms with van der Waals surface area (Å²) in [4.78, 5) is 7.49. The van der Waals surface area contributed by atoms with E-state index in [1.54, 1.807) is 6.07 Å². The SMILES string of the molecule is Fc1ccccc1CNc1nc(OCc2cccc(C(F)(F)F)c2)ncc1F. The van der Waals surface area contributed by atoms with Crippen LogP contribution < -0.4 is 10.1 Å². The van der Waals surface area contributed by atoms with E-state index in [0.717, 1.165) is 18.3 Å². The van der Waals surface area contributed by atoms with E-state index in [2.05, 4.69) is 15.3 Å². The van der Waals surface area contributed by atoms with E-state index in [9.17, 15) is 22.0 Å². The van der Waals surface area contributed by atoms with E-state index in [0.29, 0.717) is 5.56 Å².